The molecule has 3 nitrogen and oxygen atoms in total. The monoisotopic (exact) mass is 253 g/mol. The van der Waals surface area contributed by atoms with Crippen LogP contribution < -0.4 is 0 Å². The third-order valence-corrected chi connectivity index (χ3v) is 3.89. The Kier molecular flexibility index (Phi) is 6.08. The Morgan fingerprint density at radius 2 is 1.88 bits per heavy atom. The molecule has 0 aliphatic heterocycles. The van der Waals surface area contributed by atoms with E-state index in [1.165, 1.54) is 17.3 Å². The van der Waals surface area contributed by atoms with Crippen molar-refractivity contribution in [2.24, 2.45) is 0 Å². The van der Waals surface area contributed by atoms with Crippen LogP contribution >= 0.6 is 11.8 Å². The number of benzene rings is 1. The van der Waals surface area contributed by atoms with Crippen LogP contribution in [0, 0.1) is 0 Å². The van der Waals surface area contributed by atoms with Gasteiger partial charge in [-0.15, -0.1) is 11.8 Å². The molecule has 0 saturated carbocycles. The van der Waals surface area contributed by atoms with Gasteiger partial charge in [-0.2, -0.15) is 0 Å². The fourth-order valence-electron chi connectivity index (χ4n) is 1.74. The lowest BCUT2D eigenvalue weighted by molar-refractivity contribution is -0.133. The molecule has 0 spiro atoms. The molecule has 94 valence electrons. The fraction of sp³-hybridized carbons (Fsp3) is 0.462. The zero-order chi connectivity index (χ0) is 12.7. The number of hydrogen-bond donors (Lipinski definition) is 1. The van der Waals surface area contributed by atoms with Gasteiger partial charge in [0.2, 0.25) is 0 Å². The van der Waals surface area contributed by atoms with Crippen molar-refractivity contribution in [2.75, 3.05) is 18.8 Å². The maximum Gasteiger partial charge on any atom is 0.313 e. The first-order valence-corrected chi connectivity index (χ1v) is 6.86. The molecule has 4 heteroatoms. The maximum absolute atomic E-state index is 10.7. The van der Waals surface area contributed by atoms with Crippen LogP contribution in [0.15, 0.2) is 30.3 Å². The van der Waals surface area contributed by atoms with Gasteiger partial charge in [0, 0.05) is 0 Å². The Bertz CT molecular complexity index is 339. The molecule has 1 aromatic carbocycles. The van der Waals surface area contributed by atoms with Crippen molar-refractivity contribution < 1.29 is 9.90 Å². The minimum Gasteiger partial charge on any atom is -0.481 e. The summed E-state index contributed by atoms with van der Waals surface area (Å²) in [5, 5.41) is 8.92. The number of carboxylic acids is 1. The van der Waals surface area contributed by atoms with Crippen LogP contribution in [-0.2, 0) is 4.79 Å². The Labute approximate surface area is 107 Å². The number of carbonyl (C=O) groups is 1. The quantitative estimate of drug-likeness (QED) is 0.759. The van der Waals surface area contributed by atoms with Crippen molar-refractivity contribution in [1.82, 2.24) is 4.90 Å². The van der Waals surface area contributed by atoms with E-state index >= 15 is 0 Å². The van der Waals surface area contributed by atoms with Gasteiger partial charge in [-0.1, -0.05) is 44.2 Å². The second-order valence-electron chi connectivity index (χ2n) is 3.69. The molecule has 0 aromatic heterocycles. The first-order chi connectivity index (χ1) is 8.19. The van der Waals surface area contributed by atoms with Crippen LogP contribution in [0.5, 0.6) is 0 Å². The molecule has 0 aliphatic rings. The number of carboxylic acid groups (broad SMARTS) is 1. The minimum absolute atomic E-state index is 0.127. The summed E-state index contributed by atoms with van der Waals surface area (Å²) in [7, 11) is 0. The number of nitrogens with zero attached hydrogens (tertiary/aromatic N) is 1. The number of rotatable bonds is 7. The third kappa shape index (κ3) is 4.40. The highest BCUT2D eigenvalue weighted by atomic mass is 32.2. The molecule has 17 heavy (non-hydrogen) atoms. The summed E-state index contributed by atoms with van der Waals surface area (Å²) < 4.78 is 0. The normalized spacial score (nSPS) is 12.6. The largest absolute Gasteiger partial charge is 0.481 e. The van der Waals surface area contributed by atoms with Gasteiger partial charge < -0.3 is 5.11 Å². The molecule has 0 unspecified atom stereocenters. The lowest BCUT2D eigenvalue weighted by atomic mass is 10.2. The summed E-state index contributed by atoms with van der Waals surface area (Å²) >= 11 is 1.47. The number of aliphatic carboxylic acids is 1. The van der Waals surface area contributed by atoms with Crippen LogP contribution in [0.25, 0.3) is 0 Å². The van der Waals surface area contributed by atoms with Gasteiger partial charge in [0.1, 0.15) is 0 Å². The highest BCUT2D eigenvalue weighted by molar-refractivity contribution is 8.00. The first-order valence-electron chi connectivity index (χ1n) is 5.81. The van der Waals surface area contributed by atoms with Crippen LogP contribution in [0.1, 0.15) is 24.8 Å². The molecule has 0 amide bonds. The van der Waals surface area contributed by atoms with Gasteiger partial charge >= 0.3 is 5.97 Å². The first kappa shape index (κ1) is 14.1. The van der Waals surface area contributed by atoms with E-state index in [9.17, 15) is 4.79 Å². The van der Waals surface area contributed by atoms with Gasteiger partial charge in [-0.25, -0.2) is 0 Å². The minimum atomic E-state index is -0.761. The molecule has 0 aliphatic carbocycles. The van der Waals surface area contributed by atoms with E-state index in [-0.39, 0.29) is 11.1 Å². The van der Waals surface area contributed by atoms with E-state index in [2.05, 4.69) is 30.9 Å². The molecule has 0 saturated heterocycles. The SMILES string of the molecule is CCN(CC)[C@@H](SCC(=O)O)c1ccccc1. The third-order valence-electron chi connectivity index (χ3n) is 2.59. The zero-order valence-corrected chi connectivity index (χ0v) is 11.1. The molecule has 1 N–H and O–H groups in total. The standard InChI is InChI=1S/C13H19NO2S/c1-3-14(4-2)13(17-10-12(15)16)11-8-6-5-7-9-11/h5-9,13H,3-4,10H2,1-2H3,(H,15,16)/t13-/m0/s1. The fourth-order valence-corrected chi connectivity index (χ4v) is 2.89. The molecule has 1 rings (SSSR count). The van der Waals surface area contributed by atoms with Crippen molar-refractivity contribution in [3.63, 3.8) is 0 Å². The van der Waals surface area contributed by atoms with E-state index in [4.69, 9.17) is 5.11 Å². The predicted octanol–water partition coefficient (Wildman–Crippen LogP) is 2.84. The summed E-state index contributed by atoms with van der Waals surface area (Å²) in [4.78, 5) is 13.0. The lowest BCUT2D eigenvalue weighted by Crippen LogP contribution is -2.27. The van der Waals surface area contributed by atoms with Crippen LogP contribution in [0.2, 0.25) is 0 Å². The summed E-state index contributed by atoms with van der Waals surface area (Å²) in [6, 6.07) is 10.1. The molecule has 0 bridgehead atoms. The Morgan fingerprint density at radius 3 is 2.35 bits per heavy atom. The molecule has 1 atom stereocenters. The van der Waals surface area contributed by atoms with E-state index in [0.29, 0.717) is 0 Å². The predicted molar refractivity (Wildman–Crippen MR) is 72.2 cm³/mol. The van der Waals surface area contributed by atoms with Crippen LogP contribution in [-0.4, -0.2) is 34.8 Å². The summed E-state index contributed by atoms with van der Waals surface area (Å²) in [5.41, 5.74) is 1.17. The summed E-state index contributed by atoms with van der Waals surface area (Å²) in [6.45, 7) is 6.03. The van der Waals surface area contributed by atoms with Gasteiger partial charge in [-0.3, -0.25) is 9.69 Å². The second kappa shape index (κ2) is 7.35. The van der Waals surface area contributed by atoms with Gasteiger partial charge in [-0.05, 0) is 18.7 Å². The second-order valence-corrected chi connectivity index (χ2v) is 4.76. The maximum atomic E-state index is 10.7. The van der Waals surface area contributed by atoms with Crippen molar-refractivity contribution in [2.45, 2.75) is 19.2 Å². The van der Waals surface area contributed by atoms with E-state index < -0.39 is 5.97 Å². The molecule has 1 aromatic rings. The van der Waals surface area contributed by atoms with Crippen molar-refractivity contribution in [3.05, 3.63) is 35.9 Å². The van der Waals surface area contributed by atoms with E-state index in [1.54, 1.807) is 0 Å². The molecule has 0 heterocycles. The Hall–Kier alpha value is -1.00. The molecular formula is C13H19NO2S. The number of hydrogen-bond acceptors (Lipinski definition) is 3. The summed E-state index contributed by atoms with van der Waals surface area (Å²) in [5.74, 6) is -0.626. The average Bonchev–Trinajstić information content (AvgIpc) is 2.35. The van der Waals surface area contributed by atoms with Gasteiger partial charge in [0.15, 0.2) is 0 Å². The highest BCUT2D eigenvalue weighted by Crippen LogP contribution is 2.31. The molecule has 0 fully saturated rings. The van der Waals surface area contributed by atoms with E-state index in [1.807, 2.05) is 18.2 Å². The lowest BCUT2D eigenvalue weighted by Gasteiger charge is -2.29. The van der Waals surface area contributed by atoms with Gasteiger partial charge in [0.05, 0.1) is 11.1 Å². The van der Waals surface area contributed by atoms with Gasteiger partial charge in [0.25, 0.3) is 0 Å². The van der Waals surface area contributed by atoms with Crippen molar-refractivity contribution >= 4 is 17.7 Å². The zero-order valence-electron chi connectivity index (χ0n) is 10.3. The summed E-state index contributed by atoms with van der Waals surface area (Å²) in [6.07, 6.45) is 0. The highest BCUT2D eigenvalue weighted by Gasteiger charge is 2.19. The van der Waals surface area contributed by atoms with E-state index in [0.717, 1.165) is 13.1 Å². The van der Waals surface area contributed by atoms with Crippen molar-refractivity contribution in [1.29, 1.82) is 0 Å². The molecule has 0 radical (unpaired) electrons. The van der Waals surface area contributed by atoms with Crippen LogP contribution in [0.4, 0.5) is 0 Å². The van der Waals surface area contributed by atoms with Crippen molar-refractivity contribution in [3.8, 4) is 0 Å². The van der Waals surface area contributed by atoms with Crippen LogP contribution in [0.3, 0.4) is 0 Å². The smallest absolute Gasteiger partial charge is 0.313 e. The topological polar surface area (TPSA) is 40.5 Å². The number of thioether (sulfide) groups is 1. The Morgan fingerprint density at radius 1 is 1.29 bits per heavy atom. The Balaban J connectivity index is 2.81. The average molecular weight is 253 g/mol. The molecular weight excluding hydrogens is 234 g/mol.